The number of anilines is 1. The van der Waals surface area contributed by atoms with E-state index in [4.69, 9.17) is 5.73 Å². The van der Waals surface area contributed by atoms with Crippen molar-refractivity contribution in [3.05, 3.63) is 29.3 Å². The summed E-state index contributed by atoms with van der Waals surface area (Å²) in [5, 5.41) is 0. The maximum absolute atomic E-state index is 12.9. The Hall–Kier alpha value is -1.88. The smallest absolute Gasteiger partial charge is 0.228 e. The van der Waals surface area contributed by atoms with Crippen LogP contribution in [0.15, 0.2) is 18.2 Å². The summed E-state index contributed by atoms with van der Waals surface area (Å²) in [4.78, 5) is 29.2. The van der Waals surface area contributed by atoms with E-state index < -0.39 is 0 Å². The summed E-state index contributed by atoms with van der Waals surface area (Å²) >= 11 is 0. The Balaban J connectivity index is 1.72. The minimum atomic E-state index is -0.237. The van der Waals surface area contributed by atoms with Crippen molar-refractivity contribution < 1.29 is 9.59 Å². The molecule has 2 aliphatic heterocycles. The van der Waals surface area contributed by atoms with E-state index in [1.54, 1.807) is 4.90 Å². The molecule has 0 radical (unpaired) electrons. The van der Waals surface area contributed by atoms with Gasteiger partial charge in [0.05, 0.1) is 5.92 Å². The second-order valence-corrected chi connectivity index (χ2v) is 7.67. The minimum absolute atomic E-state index is 0.0489. The number of hydrogen-bond donors (Lipinski definition) is 1. The summed E-state index contributed by atoms with van der Waals surface area (Å²) in [6.07, 6.45) is 2.39. The summed E-state index contributed by atoms with van der Waals surface area (Å²) in [6, 6.07) is 6.09. The molecule has 25 heavy (non-hydrogen) atoms. The van der Waals surface area contributed by atoms with Crippen molar-refractivity contribution in [2.75, 3.05) is 24.5 Å². The van der Waals surface area contributed by atoms with Crippen LogP contribution < -0.4 is 10.6 Å². The molecule has 3 atom stereocenters. The molecule has 2 N–H and O–H groups in total. The first-order valence-corrected chi connectivity index (χ1v) is 9.29. The van der Waals surface area contributed by atoms with Crippen molar-refractivity contribution in [2.24, 2.45) is 17.6 Å². The standard InChI is InChI=1S/C20H29N3O2/c1-13-6-4-8-18(14(13)2)23-12-17(10-19(23)24)20(25)22-9-5-7-16(11-22)15(3)21/h4,6,8,15-17H,5,7,9-12,21H2,1-3H3. The number of nitrogens with zero attached hydrogens (tertiary/aromatic N) is 2. The maximum atomic E-state index is 12.9. The van der Waals surface area contributed by atoms with E-state index in [1.807, 2.05) is 43.9 Å². The van der Waals surface area contributed by atoms with Gasteiger partial charge in [0.2, 0.25) is 11.8 Å². The largest absolute Gasteiger partial charge is 0.342 e. The lowest BCUT2D eigenvalue weighted by molar-refractivity contribution is -0.137. The molecule has 3 rings (SSSR count). The molecule has 3 unspecified atom stereocenters. The number of likely N-dealkylation sites (tertiary alicyclic amines) is 1. The van der Waals surface area contributed by atoms with Crippen molar-refractivity contribution in [2.45, 2.75) is 46.1 Å². The first kappa shape index (κ1) is 17.9. The minimum Gasteiger partial charge on any atom is -0.342 e. The average Bonchev–Trinajstić information content (AvgIpc) is 2.98. The van der Waals surface area contributed by atoms with E-state index in [2.05, 4.69) is 0 Å². The van der Waals surface area contributed by atoms with Gasteiger partial charge in [-0.1, -0.05) is 12.1 Å². The molecule has 2 heterocycles. The highest BCUT2D eigenvalue weighted by Crippen LogP contribution is 2.31. The van der Waals surface area contributed by atoms with Gasteiger partial charge in [-0.2, -0.15) is 0 Å². The normalized spacial score (nSPS) is 25.4. The number of carbonyl (C=O) groups is 2. The van der Waals surface area contributed by atoms with E-state index in [9.17, 15) is 9.59 Å². The fourth-order valence-corrected chi connectivity index (χ4v) is 4.03. The highest BCUT2D eigenvalue weighted by molar-refractivity contribution is 6.00. The molecule has 2 aliphatic rings. The zero-order chi connectivity index (χ0) is 18.1. The predicted molar refractivity (Wildman–Crippen MR) is 99.3 cm³/mol. The van der Waals surface area contributed by atoms with Gasteiger partial charge in [-0.25, -0.2) is 0 Å². The summed E-state index contributed by atoms with van der Waals surface area (Å²) in [6.45, 7) is 8.09. The summed E-state index contributed by atoms with van der Waals surface area (Å²) in [5.41, 5.74) is 9.24. The highest BCUT2D eigenvalue weighted by atomic mass is 16.2. The van der Waals surface area contributed by atoms with Crippen LogP contribution in [0.25, 0.3) is 0 Å². The Bertz CT molecular complexity index is 671. The lowest BCUT2D eigenvalue weighted by Gasteiger charge is -2.36. The van der Waals surface area contributed by atoms with Crippen LogP contribution in [0.2, 0.25) is 0 Å². The van der Waals surface area contributed by atoms with Gasteiger partial charge in [0.15, 0.2) is 0 Å². The molecule has 5 heteroatoms. The summed E-state index contributed by atoms with van der Waals surface area (Å²) < 4.78 is 0. The Morgan fingerprint density at radius 3 is 2.76 bits per heavy atom. The molecule has 0 saturated carbocycles. The van der Waals surface area contributed by atoms with Crippen LogP contribution >= 0.6 is 0 Å². The fraction of sp³-hybridized carbons (Fsp3) is 0.600. The zero-order valence-corrected chi connectivity index (χ0v) is 15.5. The van der Waals surface area contributed by atoms with Crippen LogP contribution in [0.4, 0.5) is 5.69 Å². The van der Waals surface area contributed by atoms with Crippen LogP contribution in [-0.4, -0.2) is 42.4 Å². The van der Waals surface area contributed by atoms with Crippen LogP contribution in [0.1, 0.15) is 37.3 Å². The molecule has 2 fully saturated rings. The number of benzene rings is 1. The van der Waals surface area contributed by atoms with Crippen LogP contribution in [0, 0.1) is 25.7 Å². The topological polar surface area (TPSA) is 66.6 Å². The van der Waals surface area contributed by atoms with E-state index >= 15 is 0 Å². The molecule has 0 spiro atoms. The molecule has 0 aromatic heterocycles. The first-order chi connectivity index (χ1) is 11.9. The van der Waals surface area contributed by atoms with E-state index in [0.29, 0.717) is 18.9 Å². The number of rotatable bonds is 3. The summed E-state index contributed by atoms with van der Waals surface area (Å²) in [5.74, 6) is 0.295. The molecule has 136 valence electrons. The van der Waals surface area contributed by atoms with Crippen molar-refractivity contribution in [1.82, 2.24) is 4.90 Å². The zero-order valence-electron chi connectivity index (χ0n) is 15.5. The SMILES string of the molecule is Cc1cccc(N2CC(C(=O)N3CCCC(C(C)N)C3)CC2=O)c1C. The van der Waals surface area contributed by atoms with E-state index in [-0.39, 0.29) is 23.8 Å². The second kappa shape index (κ2) is 7.16. The number of nitrogens with two attached hydrogens (primary N) is 1. The molecular formula is C20H29N3O2. The predicted octanol–water partition coefficient (Wildman–Crippen LogP) is 2.24. The second-order valence-electron chi connectivity index (χ2n) is 7.67. The van der Waals surface area contributed by atoms with Gasteiger partial charge in [-0.05, 0) is 56.7 Å². The number of carbonyl (C=O) groups excluding carboxylic acids is 2. The quantitative estimate of drug-likeness (QED) is 0.915. The first-order valence-electron chi connectivity index (χ1n) is 9.29. The average molecular weight is 343 g/mol. The van der Waals surface area contributed by atoms with Gasteiger partial charge < -0.3 is 15.5 Å². The van der Waals surface area contributed by atoms with Gasteiger partial charge in [0, 0.05) is 37.8 Å². The Kier molecular flexibility index (Phi) is 5.13. The molecule has 0 bridgehead atoms. The number of piperidine rings is 1. The Morgan fingerprint density at radius 1 is 1.28 bits per heavy atom. The van der Waals surface area contributed by atoms with Crippen molar-refractivity contribution >= 4 is 17.5 Å². The molecule has 1 aromatic carbocycles. The Morgan fingerprint density at radius 2 is 2.04 bits per heavy atom. The molecule has 2 saturated heterocycles. The summed E-state index contributed by atoms with van der Waals surface area (Å²) in [7, 11) is 0. The maximum Gasteiger partial charge on any atom is 0.228 e. The molecular weight excluding hydrogens is 314 g/mol. The number of aryl methyl sites for hydroxylation is 1. The molecule has 1 aromatic rings. The third-order valence-electron chi connectivity index (χ3n) is 5.85. The van der Waals surface area contributed by atoms with Crippen LogP contribution in [0.5, 0.6) is 0 Å². The molecule has 5 nitrogen and oxygen atoms in total. The van der Waals surface area contributed by atoms with Gasteiger partial charge in [0.1, 0.15) is 0 Å². The van der Waals surface area contributed by atoms with Crippen LogP contribution in [-0.2, 0) is 9.59 Å². The third kappa shape index (κ3) is 3.56. The molecule has 0 aliphatic carbocycles. The lowest BCUT2D eigenvalue weighted by atomic mass is 9.91. The lowest BCUT2D eigenvalue weighted by Crippen LogP contribution is -2.47. The monoisotopic (exact) mass is 343 g/mol. The fourth-order valence-electron chi connectivity index (χ4n) is 4.03. The van der Waals surface area contributed by atoms with Gasteiger partial charge >= 0.3 is 0 Å². The highest BCUT2D eigenvalue weighted by Gasteiger charge is 2.39. The van der Waals surface area contributed by atoms with Gasteiger partial charge in [-0.15, -0.1) is 0 Å². The van der Waals surface area contributed by atoms with Crippen LogP contribution in [0.3, 0.4) is 0 Å². The molecule has 2 amide bonds. The number of amides is 2. The van der Waals surface area contributed by atoms with Crippen molar-refractivity contribution in [3.8, 4) is 0 Å². The van der Waals surface area contributed by atoms with Gasteiger partial charge in [0.25, 0.3) is 0 Å². The van der Waals surface area contributed by atoms with E-state index in [0.717, 1.165) is 42.7 Å². The Labute approximate surface area is 150 Å². The number of hydrogen-bond acceptors (Lipinski definition) is 3. The van der Waals surface area contributed by atoms with Gasteiger partial charge in [-0.3, -0.25) is 9.59 Å². The van der Waals surface area contributed by atoms with E-state index in [1.165, 1.54) is 0 Å². The van der Waals surface area contributed by atoms with Crippen molar-refractivity contribution in [1.29, 1.82) is 0 Å². The third-order valence-corrected chi connectivity index (χ3v) is 5.85. The van der Waals surface area contributed by atoms with Crippen molar-refractivity contribution in [3.63, 3.8) is 0 Å².